The van der Waals surface area contributed by atoms with Crippen LogP contribution in [0.1, 0.15) is 30.5 Å². The Kier molecular flexibility index (Phi) is 11.4. The van der Waals surface area contributed by atoms with Gasteiger partial charge < -0.3 is 15.0 Å². The second-order valence-electron chi connectivity index (χ2n) is 11.4. The number of hydrogen-bond acceptors (Lipinski definition) is 5. The number of nitrogens with zero attached hydrogens (tertiary/aromatic N) is 2. The van der Waals surface area contributed by atoms with Crippen molar-refractivity contribution in [2.24, 2.45) is 5.92 Å². The van der Waals surface area contributed by atoms with Crippen LogP contribution in [-0.2, 0) is 32.6 Å². The number of benzene rings is 4. The number of aryl methyl sites for hydroxylation is 1. The molecule has 0 aromatic heterocycles. The van der Waals surface area contributed by atoms with E-state index in [2.05, 4.69) is 5.32 Å². The van der Waals surface area contributed by atoms with E-state index in [9.17, 15) is 18.0 Å². The van der Waals surface area contributed by atoms with Gasteiger partial charge in [0.05, 0.1) is 17.7 Å². The number of ether oxygens (including phenoxy) is 1. The summed E-state index contributed by atoms with van der Waals surface area (Å²) in [6.45, 7) is 6.01. The first kappa shape index (κ1) is 33.3. The van der Waals surface area contributed by atoms with E-state index in [1.165, 1.54) is 24.1 Å². The lowest BCUT2D eigenvalue weighted by molar-refractivity contribution is -0.140. The lowest BCUT2D eigenvalue weighted by Gasteiger charge is -2.34. The number of anilines is 1. The zero-order valence-corrected chi connectivity index (χ0v) is 27.0. The molecule has 0 spiro atoms. The van der Waals surface area contributed by atoms with Gasteiger partial charge in [-0.05, 0) is 60.4 Å². The smallest absolute Gasteiger partial charge is 0.264 e. The molecule has 0 heterocycles. The van der Waals surface area contributed by atoms with Crippen LogP contribution in [0.25, 0.3) is 0 Å². The quantitative estimate of drug-likeness (QED) is 0.196. The molecule has 0 saturated carbocycles. The van der Waals surface area contributed by atoms with Gasteiger partial charge in [-0.15, -0.1) is 0 Å². The van der Waals surface area contributed by atoms with Crippen LogP contribution in [0.15, 0.2) is 114 Å². The highest BCUT2D eigenvalue weighted by molar-refractivity contribution is 7.92. The van der Waals surface area contributed by atoms with Crippen molar-refractivity contribution in [3.63, 3.8) is 0 Å². The summed E-state index contributed by atoms with van der Waals surface area (Å²) in [4.78, 5) is 29.9. The number of amides is 2. The van der Waals surface area contributed by atoms with E-state index >= 15 is 0 Å². The van der Waals surface area contributed by atoms with Crippen LogP contribution in [-0.4, -0.2) is 51.4 Å². The molecule has 0 unspecified atom stereocenters. The lowest BCUT2D eigenvalue weighted by atomic mass is 10.0. The van der Waals surface area contributed by atoms with Crippen molar-refractivity contribution in [2.75, 3.05) is 24.5 Å². The van der Waals surface area contributed by atoms with E-state index in [-0.39, 0.29) is 29.7 Å². The summed E-state index contributed by atoms with van der Waals surface area (Å²) >= 11 is 0. The Balaban J connectivity index is 1.79. The number of carbonyl (C=O) groups is 2. The number of sulfonamides is 1. The molecule has 236 valence electrons. The average molecular weight is 628 g/mol. The fourth-order valence-electron chi connectivity index (χ4n) is 4.98. The largest absolute Gasteiger partial charge is 0.497 e. The molecule has 4 aromatic carbocycles. The van der Waals surface area contributed by atoms with Crippen LogP contribution in [0.3, 0.4) is 0 Å². The standard InChI is InChI=1S/C36H41N3O5S/c1-27(2)24-37-36(41)34(23-29-13-7-5-8-14-29)38(25-30-15-11-12-28(3)22-30)35(40)26-39(31-18-20-32(44-4)21-19-31)45(42,43)33-16-9-6-10-17-33/h5-22,27,34H,23-26H2,1-4H3,(H,37,41)/t34-/m0/s1. The maximum atomic E-state index is 14.5. The van der Waals surface area contributed by atoms with Crippen molar-refractivity contribution in [3.05, 3.63) is 126 Å². The zero-order valence-electron chi connectivity index (χ0n) is 26.2. The van der Waals surface area contributed by atoms with Crippen molar-refractivity contribution in [1.82, 2.24) is 10.2 Å². The molecule has 4 rings (SSSR count). The predicted octanol–water partition coefficient (Wildman–Crippen LogP) is 5.61. The van der Waals surface area contributed by atoms with Gasteiger partial charge in [-0.25, -0.2) is 8.42 Å². The Labute approximate surface area is 266 Å². The fourth-order valence-corrected chi connectivity index (χ4v) is 6.42. The minimum atomic E-state index is -4.16. The summed E-state index contributed by atoms with van der Waals surface area (Å²) < 4.78 is 34.5. The van der Waals surface area contributed by atoms with Gasteiger partial charge >= 0.3 is 0 Å². The molecule has 0 aliphatic rings. The van der Waals surface area contributed by atoms with Gasteiger partial charge in [0.1, 0.15) is 18.3 Å². The van der Waals surface area contributed by atoms with Gasteiger partial charge in [0.15, 0.2) is 0 Å². The fraction of sp³-hybridized carbons (Fsp3) is 0.278. The highest BCUT2D eigenvalue weighted by atomic mass is 32.2. The van der Waals surface area contributed by atoms with Crippen LogP contribution in [0.5, 0.6) is 5.75 Å². The van der Waals surface area contributed by atoms with Gasteiger partial charge in [-0.3, -0.25) is 13.9 Å². The van der Waals surface area contributed by atoms with E-state index in [4.69, 9.17) is 4.74 Å². The monoisotopic (exact) mass is 627 g/mol. The number of nitrogens with one attached hydrogen (secondary N) is 1. The molecule has 8 nitrogen and oxygen atoms in total. The predicted molar refractivity (Wildman–Crippen MR) is 177 cm³/mol. The van der Waals surface area contributed by atoms with E-state index < -0.39 is 28.5 Å². The number of methoxy groups -OCH3 is 1. The van der Waals surface area contributed by atoms with E-state index in [0.717, 1.165) is 21.0 Å². The Bertz CT molecular complexity index is 1660. The minimum absolute atomic E-state index is 0.0503. The average Bonchev–Trinajstić information content (AvgIpc) is 3.05. The number of hydrogen-bond donors (Lipinski definition) is 1. The van der Waals surface area contributed by atoms with Crippen molar-refractivity contribution >= 4 is 27.5 Å². The SMILES string of the molecule is COc1ccc(N(CC(=O)N(Cc2cccc(C)c2)[C@@H](Cc2ccccc2)C(=O)NCC(C)C)S(=O)(=O)c2ccccc2)cc1. The summed E-state index contributed by atoms with van der Waals surface area (Å²) in [6, 6.07) is 30.9. The van der Waals surface area contributed by atoms with Gasteiger partial charge in [0, 0.05) is 19.5 Å². The van der Waals surface area contributed by atoms with Crippen LogP contribution < -0.4 is 14.4 Å². The topological polar surface area (TPSA) is 96.0 Å². The van der Waals surface area contributed by atoms with Gasteiger partial charge in [-0.2, -0.15) is 0 Å². The van der Waals surface area contributed by atoms with Crippen molar-refractivity contribution in [1.29, 1.82) is 0 Å². The third-order valence-corrected chi connectivity index (χ3v) is 9.15. The Morgan fingerprint density at radius 2 is 1.44 bits per heavy atom. The number of carbonyl (C=O) groups excluding carboxylic acids is 2. The van der Waals surface area contributed by atoms with Crippen molar-refractivity contribution < 1.29 is 22.7 Å². The first-order valence-corrected chi connectivity index (χ1v) is 16.4. The second kappa shape index (κ2) is 15.4. The molecule has 0 aliphatic heterocycles. The molecule has 0 fully saturated rings. The molecular formula is C36H41N3O5S. The Morgan fingerprint density at radius 3 is 2.04 bits per heavy atom. The molecule has 45 heavy (non-hydrogen) atoms. The summed E-state index contributed by atoms with van der Waals surface area (Å²) in [5.74, 6) is -0.0512. The van der Waals surface area contributed by atoms with E-state index in [1.54, 1.807) is 42.5 Å². The minimum Gasteiger partial charge on any atom is -0.497 e. The molecule has 0 saturated heterocycles. The van der Waals surface area contributed by atoms with Crippen molar-refractivity contribution in [2.45, 2.75) is 44.7 Å². The Morgan fingerprint density at radius 1 is 0.822 bits per heavy atom. The molecule has 0 aliphatic carbocycles. The third-order valence-electron chi connectivity index (χ3n) is 7.36. The van der Waals surface area contributed by atoms with Crippen LogP contribution in [0.4, 0.5) is 5.69 Å². The molecule has 2 amide bonds. The molecule has 9 heteroatoms. The highest BCUT2D eigenvalue weighted by Gasteiger charge is 2.34. The van der Waals surface area contributed by atoms with E-state index in [1.807, 2.05) is 75.4 Å². The van der Waals surface area contributed by atoms with E-state index in [0.29, 0.717) is 18.0 Å². The van der Waals surface area contributed by atoms with Crippen LogP contribution >= 0.6 is 0 Å². The van der Waals surface area contributed by atoms with Gasteiger partial charge in [0.2, 0.25) is 11.8 Å². The molecular weight excluding hydrogens is 586 g/mol. The summed E-state index contributed by atoms with van der Waals surface area (Å²) in [6.07, 6.45) is 0.260. The number of rotatable bonds is 14. The molecule has 1 N–H and O–H groups in total. The third kappa shape index (κ3) is 8.95. The summed E-state index contributed by atoms with van der Waals surface area (Å²) in [5.41, 5.74) is 3.02. The first-order valence-electron chi connectivity index (χ1n) is 15.0. The van der Waals surface area contributed by atoms with Gasteiger partial charge in [0.25, 0.3) is 10.0 Å². The summed E-state index contributed by atoms with van der Waals surface area (Å²) in [7, 11) is -2.64. The summed E-state index contributed by atoms with van der Waals surface area (Å²) in [5, 5.41) is 3.01. The van der Waals surface area contributed by atoms with Gasteiger partial charge in [-0.1, -0.05) is 92.2 Å². The first-order chi connectivity index (χ1) is 21.6. The van der Waals surface area contributed by atoms with Crippen molar-refractivity contribution in [3.8, 4) is 5.75 Å². The molecule has 0 bridgehead atoms. The van der Waals surface area contributed by atoms with Crippen LogP contribution in [0, 0.1) is 12.8 Å². The maximum absolute atomic E-state index is 14.5. The lowest BCUT2D eigenvalue weighted by Crippen LogP contribution is -2.53. The molecule has 1 atom stereocenters. The normalized spacial score (nSPS) is 11.9. The zero-order chi connectivity index (χ0) is 32.4. The Hall–Kier alpha value is -4.63. The maximum Gasteiger partial charge on any atom is 0.264 e. The molecule has 4 aromatic rings. The van der Waals surface area contributed by atoms with Crippen LogP contribution in [0.2, 0.25) is 0 Å². The second-order valence-corrected chi connectivity index (χ2v) is 13.2. The molecule has 0 radical (unpaired) electrons. The highest BCUT2D eigenvalue weighted by Crippen LogP contribution is 2.27.